The Labute approximate surface area is 264 Å². The molecule has 1 aliphatic heterocycles. The smallest absolute Gasteiger partial charge is 0.344 e. The molecular weight excluding hydrogens is 663 g/mol. The van der Waals surface area contributed by atoms with Crippen LogP contribution in [0.5, 0.6) is 11.5 Å². The van der Waals surface area contributed by atoms with Gasteiger partial charge in [0, 0.05) is 0 Å². The molecule has 5 aliphatic rings. The number of nitrogens with zero attached hydrogens (tertiary/aromatic N) is 1. The molecule has 4 aliphatic carbocycles. The van der Waals surface area contributed by atoms with E-state index in [2.05, 4.69) is 17.4 Å². The number of halogens is 1. The standard InChI is InChI=1S/C33H35IN2O7/c1-3-41-27-14-19(13-26(34)29(27)43-18-28(37)42-4-2)12-25-30(38)35-32(40)36(31(25)39)24-7-5-23(6-8-24)33-15-20-9-21(16-33)11-22(10-20)17-33/h5-8,12-14,20-22H,3-4,9-11,15-18H2,1-2H3,(H,35,38,40)/b25-12+. The van der Waals surface area contributed by atoms with E-state index < -0.39 is 23.8 Å². The van der Waals surface area contributed by atoms with Gasteiger partial charge in [-0.25, -0.2) is 14.5 Å². The number of hydrogen-bond donors (Lipinski definition) is 1. The van der Waals surface area contributed by atoms with Crippen LogP contribution in [-0.4, -0.2) is 43.6 Å². The maximum atomic E-state index is 13.6. The van der Waals surface area contributed by atoms with Crippen molar-refractivity contribution < 1.29 is 33.4 Å². The average molecular weight is 699 g/mol. The molecule has 2 aromatic carbocycles. The molecule has 9 nitrogen and oxygen atoms in total. The number of urea groups is 1. The highest BCUT2D eigenvalue weighted by molar-refractivity contribution is 14.1. The van der Waals surface area contributed by atoms with Crippen molar-refractivity contribution in [2.45, 2.75) is 57.8 Å². The molecule has 226 valence electrons. The first kappa shape index (κ1) is 29.7. The number of amides is 4. The van der Waals surface area contributed by atoms with Crippen molar-refractivity contribution in [3.63, 3.8) is 0 Å². The summed E-state index contributed by atoms with van der Waals surface area (Å²) < 4.78 is 17.0. The van der Waals surface area contributed by atoms with Gasteiger partial charge in [-0.3, -0.25) is 14.9 Å². The van der Waals surface area contributed by atoms with E-state index in [1.807, 2.05) is 41.6 Å². The van der Waals surface area contributed by atoms with Crippen molar-refractivity contribution in [1.29, 1.82) is 0 Å². The molecule has 0 unspecified atom stereocenters. The highest BCUT2D eigenvalue weighted by Crippen LogP contribution is 2.60. The molecule has 4 amide bonds. The average Bonchev–Trinajstić information content (AvgIpc) is 2.95. The molecule has 0 atom stereocenters. The summed E-state index contributed by atoms with van der Waals surface area (Å²) >= 11 is 2.04. The number of imide groups is 2. The summed E-state index contributed by atoms with van der Waals surface area (Å²) in [6.07, 6.45) is 9.17. The van der Waals surface area contributed by atoms with Gasteiger partial charge in [-0.15, -0.1) is 0 Å². The van der Waals surface area contributed by atoms with E-state index in [0.29, 0.717) is 32.9 Å². The second-order valence-corrected chi connectivity index (χ2v) is 13.2. The largest absolute Gasteiger partial charge is 0.490 e. The zero-order valence-corrected chi connectivity index (χ0v) is 26.5. The number of anilines is 1. The predicted molar refractivity (Wildman–Crippen MR) is 168 cm³/mol. The fourth-order valence-corrected chi connectivity index (χ4v) is 8.68. The molecule has 7 rings (SSSR count). The van der Waals surface area contributed by atoms with Gasteiger partial charge in [0.05, 0.1) is 22.5 Å². The number of benzene rings is 2. The molecule has 4 saturated carbocycles. The molecule has 4 bridgehead atoms. The summed E-state index contributed by atoms with van der Waals surface area (Å²) in [6.45, 7) is 3.80. The number of rotatable bonds is 9. The zero-order valence-electron chi connectivity index (χ0n) is 24.3. The summed E-state index contributed by atoms with van der Waals surface area (Å²) in [5, 5.41) is 2.31. The van der Waals surface area contributed by atoms with Crippen LogP contribution >= 0.6 is 22.6 Å². The molecular formula is C33H35IN2O7. The number of ether oxygens (including phenoxy) is 3. The molecule has 1 saturated heterocycles. The van der Waals surface area contributed by atoms with Gasteiger partial charge in [-0.1, -0.05) is 12.1 Å². The number of esters is 1. The number of barbiturate groups is 1. The normalized spacial score (nSPS) is 27.0. The minimum atomic E-state index is -0.776. The molecule has 1 heterocycles. The molecule has 10 heteroatoms. The maximum Gasteiger partial charge on any atom is 0.344 e. The van der Waals surface area contributed by atoms with E-state index in [9.17, 15) is 19.2 Å². The molecule has 43 heavy (non-hydrogen) atoms. The van der Waals surface area contributed by atoms with E-state index in [4.69, 9.17) is 14.2 Å². The van der Waals surface area contributed by atoms with Crippen molar-refractivity contribution >= 4 is 58.2 Å². The van der Waals surface area contributed by atoms with Gasteiger partial charge in [0.15, 0.2) is 18.1 Å². The lowest BCUT2D eigenvalue weighted by Gasteiger charge is -2.57. The molecule has 0 spiro atoms. The van der Waals surface area contributed by atoms with Gasteiger partial charge in [-0.05, 0) is 140 Å². The second kappa shape index (κ2) is 11.9. The van der Waals surface area contributed by atoms with Crippen LogP contribution in [0.25, 0.3) is 6.08 Å². The number of nitrogens with one attached hydrogen (secondary N) is 1. The highest BCUT2D eigenvalue weighted by Gasteiger charge is 2.51. The number of hydrogen-bond acceptors (Lipinski definition) is 7. The van der Waals surface area contributed by atoms with Gasteiger partial charge < -0.3 is 14.2 Å². The third-order valence-corrected chi connectivity index (χ3v) is 9.96. The van der Waals surface area contributed by atoms with Gasteiger partial charge >= 0.3 is 12.0 Å². The third-order valence-electron chi connectivity index (χ3n) is 9.16. The third kappa shape index (κ3) is 5.77. The molecule has 1 N–H and O–H groups in total. The van der Waals surface area contributed by atoms with E-state index >= 15 is 0 Å². The summed E-state index contributed by atoms with van der Waals surface area (Å²) in [5.74, 6) is 1.15. The topological polar surface area (TPSA) is 111 Å². The Morgan fingerprint density at radius 2 is 1.63 bits per heavy atom. The monoisotopic (exact) mass is 698 g/mol. The fraction of sp³-hybridized carbons (Fsp3) is 0.455. The van der Waals surface area contributed by atoms with Gasteiger partial charge in [0.1, 0.15) is 5.57 Å². The van der Waals surface area contributed by atoms with Crippen LogP contribution < -0.4 is 19.7 Å². The van der Waals surface area contributed by atoms with Crippen LogP contribution in [0, 0.1) is 21.3 Å². The molecule has 5 fully saturated rings. The summed E-state index contributed by atoms with van der Waals surface area (Å²) in [7, 11) is 0. The predicted octanol–water partition coefficient (Wildman–Crippen LogP) is 5.77. The fourth-order valence-electron chi connectivity index (χ4n) is 7.89. The minimum Gasteiger partial charge on any atom is -0.490 e. The minimum absolute atomic E-state index is 0.178. The van der Waals surface area contributed by atoms with Crippen molar-refractivity contribution in [2.24, 2.45) is 17.8 Å². The Hall–Kier alpha value is -3.41. The molecule has 2 aromatic rings. The SMILES string of the molecule is CCOC(=O)COc1c(I)cc(/C=C2\C(=O)NC(=O)N(c3ccc(C45CC6CC(CC(C6)C4)C5)cc3)C2=O)cc1OCC. The van der Waals surface area contributed by atoms with E-state index in [1.165, 1.54) is 50.2 Å². The maximum absolute atomic E-state index is 13.6. The Kier molecular flexibility index (Phi) is 8.23. The van der Waals surface area contributed by atoms with Gasteiger partial charge in [-0.2, -0.15) is 0 Å². The van der Waals surface area contributed by atoms with Crippen LogP contribution in [0.15, 0.2) is 42.0 Å². The van der Waals surface area contributed by atoms with Crippen molar-refractivity contribution in [3.8, 4) is 11.5 Å². The van der Waals surface area contributed by atoms with Crippen LogP contribution in [0.1, 0.15) is 63.5 Å². The quantitative estimate of drug-likeness (QED) is 0.153. The van der Waals surface area contributed by atoms with Crippen LogP contribution in [-0.2, 0) is 24.5 Å². The Balaban J connectivity index is 1.25. The van der Waals surface area contributed by atoms with E-state index in [1.54, 1.807) is 19.1 Å². The van der Waals surface area contributed by atoms with Crippen molar-refractivity contribution in [1.82, 2.24) is 5.32 Å². The van der Waals surface area contributed by atoms with Crippen LogP contribution in [0.3, 0.4) is 0 Å². The van der Waals surface area contributed by atoms with Crippen LogP contribution in [0.4, 0.5) is 10.5 Å². The highest BCUT2D eigenvalue weighted by atomic mass is 127. The van der Waals surface area contributed by atoms with Crippen molar-refractivity contribution in [2.75, 3.05) is 24.7 Å². The lowest BCUT2D eigenvalue weighted by atomic mass is 9.48. The lowest BCUT2D eigenvalue weighted by molar-refractivity contribution is -0.145. The number of carbonyl (C=O) groups is 4. The summed E-state index contributed by atoms with van der Waals surface area (Å²) in [4.78, 5) is 52.2. The van der Waals surface area contributed by atoms with E-state index in [0.717, 1.165) is 22.7 Å². The number of carbonyl (C=O) groups excluding carboxylic acids is 4. The molecule has 0 aromatic heterocycles. The lowest BCUT2D eigenvalue weighted by Crippen LogP contribution is -2.54. The van der Waals surface area contributed by atoms with Crippen molar-refractivity contribution in [3.05, 3.63) is 56.7 Å². The first-order valence-electron chi connectivity index (χ1n) is 15.0. The first-order valence-corrected chi connectivity index (χ1v) is 16.0. The Morgan fingerprint density at radius 1 is 0.977 bits per heavy atom. The zero-order chi connectivity index (χ0) is 30.3. The van der Waals surface area contributed by atoms with Crippen LogP contribution in [0.2, 0.25) is 0 Å². The van der Waals surface area contributed by atoms with Gasteiger partial charge in [0.2, 0.25) is 0 Å². The summed E-state index contributed by atoms with van der Waals surface area (Å²) in [5.41, 5.74) is 2.23. The summed E-state index contributed by atoms with van der Waals surface area (Å²) in [6, 6.07) is 10.3. The Bertz CT molecular complexity index is 1460. The van der Waals surface area contributed by atoms with E-state index in [-0.39, 0.29) is 24.2 Å². The second-order valence-electron chi connectivity index (χ2n) is 12.1. The Morgan fingerprint density at radius 3 is 2.23 bits per heavy atom. The molecule has 0 radical (unpaired) electrons. The first-order chi connectivity index (χ1) is 20.7. The van der Waals surface area contributed by atoms with Gasteiger partial charge in [0.25, 0.3) is 11.8 Å².